The number of hydrogen-bond donors (Lipinski definition) is 3. The first-order valence-corrected chi connectivity index (χ1v) is 11.2. The molecule has 0 aliphatic carbocycles. The summed E-state index contributed by atoms with van der Waals surface area (Å²) in [5.74, 6) is -2.90. The normalized spacial score (nSPS) is 17.9. The summed E-state index contributed by atoms with van der Waals surface area (Å²) >= 11 is 0. The third-order valence-corrected chi connectivity index (χ3v) is 4.96. The molecule has 1 fully saturated rings. The topological polar surface area (TPSA) is 112 Å². The largest absolute Gasteiger partial charge is 0.489 e. The van der Waals surface area contributed by atoms with Crippen LogP contribution in [-0.4, -0.2) is 72.5 Å². The van der Waals surface area contributed by atoms with E-state index in [-0.39, 0.29) is 5.56 Å². The van der Waals surface area contributed by atoms with Gasteiger partial charge >= 0.3 is 5.92 Å². The first kappa shape index (κ1) is 27.1. The average molecular weight is 478 g/mol. The number of aromatic nitrogens is 3. The van der Waals surface area contributed by atoms with Gasteiger partial charge in [-0.2, -0.15) is 13.9 Å². The van der Waals surface area contributed by atoms with Crippen molar-refractivity contribution in [3.8, 4) is 0 Å². The number of alkyl halides is 2. The number of rotatable bonds is 7. The van der Waals surface area contributed by atoms with Crippen LogP contribution in [0.5, 0.6) is 0 Å². The van der Waals surface area contributed by atoms with Gasteiger partial charge in [0, 0.05) is 31.4 Å². The van der Waals surface area contributed by atoms with E-state index in [1.54, 1.807) is 31.5 Å². The molecular weight excluding hydrogens is 444 g/mol. The molecule has 3 heterocycles. The van der Waals surface area contributed by atoms with Crippen LogP contribution in [0.25, 0.3) is 0 Å². The minimum atomic E-state index is -3.30. The van der Waals surface area contributed by atoms with Crippen molar-refractivity contribution < 1.29 is 18.3 Å². The van der Waals surface area contributed by atoms with Crippen molar-refractivity contribution in [1.82, 2.24) is 25.4 Å². The van der Waals surface area contributed by atoms with Crippen LogP contribution in [-0.2, 0) is 15.4 Å². The zero-order chi connectivity index (χ0) is 25.0. The second kappa shape index (κ2) is 13.5. The molecule has 3 N–H and O–H groups in total. The van der Waals surface area contributed by atoms with Gasteiger partial charge in [-0.3, -0.25) is 15.0 Å². The van der Waals surface area contributed by atoms with Crippen molar-refractivity contribution in [2.45, 2.75) is 32.9 Å². The molecule has 0 amide bonds. The van der Waals surface area contributed by atoms with Crippen LogP contribution in [0.15, 0.2) is 41.2 Å². The highest BCUT2D eigenvalue weighted by molar-refractivity contribution is 5.76. The number of allylic oxidation sites excluding steroid dienone is 1. The number of nitrogens with zero attached hydrogens (tertiary/aromatic N) is 4. The van der Waals surface area contributed by atoms with Crippen LogP contribution in [0.3, 0.4) is 0 Å². The summed E-state index contributed by atoms with van der Waals surface area (Å²) in [4.78, 5) is 10.5. The Morgan fingerprint density at radius 3 is 2.62 bits per heavy atom. The maximum Gasteiger partial charge on any atom is 0.333 e. The number of aryl methyl sites for hydroxylation is 1. The minimum Gasteiger partial charge on any atom is -0.489 e. The Morgan fingerprint density at radius 2 is 2.00 bits per heavy atom. The van der Waals surface area contributed by atoms with E-state index in [9.17, 15) is 8.78 Å². The van der Waals surface area contributed by atoms with Crippen molar-refractivity contribution in [3.63, 3.8) is 0 Å². The van der Waals surface area contributed by atoms with Gasteiger partial charge in [0.05, 0.1) is 19.4 Å². The monoisotopic (exact) mass is 477 g/mol. The Bertz CT molecular complexity index is 943. The summed E-state index contributed by atoms with van der Waals surface area (Å²) in [6.45, 7) is 12.8. The summed E-state index contributed by atoms with van der Waals surface area (Å²) < 4.78 is 40.6. The van der Waals surface area contributed by atoms with Gasteiger partial charge in [0.15, 0.2) is 5.76 Å². The van der Waals surface area contributed by atoms with E-state index in [4.69, 9.17) is 14.9 Å². The van der Waals surface area contributed by atoms with Crippen LogP contribution in [0.1, 0.15) is 42.8 Å². The fourth-order valence-electron chi connectivity index (χ4n) is 3.28. The lowest BCUT2D eigenvalue weighted by molar-refractivity contribution is 0.0284. The fraction of sp³-hybridized carbons (Fsp3) is 0.478. The highest BCUT2D eigenvalue weighted by Crippen LogP contribution is 2.34. The lowest BCUT2D eigenvalue weighted by Gasteiger charge is -2.26. The molecular formula is C23H33F2N7O2. The zero-order valence-corrected chi connectivity index (χ0v) is 19.9. The van der Waals surface area contributed by atoms with Crippen molar-refractivity contribution >= 4 is 12.9 Å². The number of H-pyrrole nitrogens is 1. The molecule has 1 unspecified atom stereocenters. The SMILES string of the molecule is C=N.CC.Cc1nc(C(F)(F)c2cccc(C3N=CC(OCCN4CCOCC4)=CN3)c2)n[nH]1. The molecule has 1 aromatic carbocycles. The number of hydrogen-bond acceptors (Lipinski definition) is 8. The number of halogens is 2. The molecule has 0 spiro atoms. The molecule has 2 aromatic rings. The Morgan fingerprint density at radius 1 is 1.26 bits per heavy atom. The van der Waals surface area contributed by atoms with Gasteiger partial charge in [0.2, 0.25) is 5.82 Å². The number of ether oxygens (including phenoxy) is 2. The van der Waals surface area contributed by atoms with Crippen LogP contribution in [0.2, 0.25) is 0 Å². The van der Waals surface area contributed by atoms with E-state index in [0.717, 1.165) is 32.8 Å². The molecule has 4 rings (SSSR count). The van der Waals surface area contributed by atoms with Crippen LogP contribution in [0, 0.1) is 12.3 Å². The molecule has 2 aliphatic rings. The summed E-state index contributed by atoms with van der Waals surface area (Å²) in [6, 6.07) is 6.10. The van der Waals surface area contributed by atoms with Gasteiger partial charge in [0.1, 0.15) is 18.6 Å². The molecule has 11 heteroatoms. The van der Waals surface area contributed by atoms with E-state index in [1.165, 1.54) is 12.1 Å². The number of aliphatic imine (C=N–C) groups is 1. The molecule has 34 heavy (non-hydrogen) atoms. The fourth-order valence-corrected chi connectivity index (χ4v) is 3.28. The van der Waals surface area contributed by atoms with Gasteiger partial charge in [-0.05, 0) is 25.3 Å². The Balaban J connectivity index is 0.000000970. The molecule has 0 radical (unpaired) electrons. The molecule has 186 valence electrons. The number of aromatic amines is 1. The summed E-state index contributed by atoms with van der Waals surface area (Å²) in [5.41, 5.74) is 0.423. The van der Waals surface area contributed by atoms with Crippen molar-refractivity contribution in [2.24, 2.45) is 4.99 Å². The van der Waals surface area contributed by atoms with E-state index >= 15 is 0 Å². The molecule has 1 aromatic heterocycles. The number of morpholine rings is 1. The molecule has 0 bridgehead atoms. The minimum absolute atomic E-state index is 0.187. The highest BCUT2D eigenvalue weighted by Gasteiger charge is 2.38. The predicted octanol–water partition coefficient (Wildman–Crippen LogP) is 3.41. The first-order valence-electron chi connectivity index (χ1n) is 11.2. The molecule has 2 aliphatic heterocycles. The van der Waals surface area contributed by atoms with Crippen LogP contribution >= 0.6 is 0 Å². The number of benzene rings is 1. The second-order valence-corrected chi connectivity index (χ2v) is 7.14. The van der Waals surface area contributed by atoms with E-state index in [1.807, 2.05) is 13.8 Å². The lowest BCUT2D eigenvalue weighted by atomic mass is 10.0. The molecule has 9 nitrogen and oxygen atoms in total. The number of nitrogens with one attached hydrogen (secondary N) is 3. The van der Waals surface area contributed by atoms with Gasteiger partial charge in [-0.15, -0.1) is 0 Å². The third kappa shape index (κ3) is 7.16. The van der Waals surface area contributed by atoms with Gasteiger partial charge < -0.3 is 20.2 Å². The predicted molar refractivity (Wildman–Crippen MR) is 127 cm³/mol. The lowest BCUT2D eigenvalue weighted by Crippen LogP contribution is -2.38. The maximum atomic E-state index is 14.8. The Labute approximate surface area is 198 Å². The maximum absolute atomic E-state index is 14.8. The van der Waals surface area contributed by atoms with Gasteiger partial charge in [-0.25, -0.2) is 4.98 Å². The standard InChI is InChI=1S/C20H24F2N6O2.C2H6.CH3N/c1-14-25-19(27-26-14)20(21,22)16-4-2-3-15(11-16)18-23-12-17(13-24-18)30-10-7-28-5-8-29-9-6-28;2*1-2/h2-4,11-13,18,23H,5-10H2,1H3,(H,25,26,27);1-2H3;2H,1H2. The van der Waals surface area contributed by atoms with Crippen molar-refractivity contribution in [3.05, 3.63) is 59.0 Å². The van der Waals surface area contributed by atoms with Crippen LogP contribution < -0.4 is 5.32 Å². The quantitative estimate of drug-likeness (QED) is 0.527. The Kier molecular flexibility index (Phi) is 10.8. The van der Waals surface area contributed by atoms with Crippen molar-refractivity contribution in [2.75, 3.05) is 39.5 Å². The Hall–Kier alpha value is -3.18. The van der Waals surface area contributed by atoms with Gasteiger partial charge in [-0.1, -0.05) is 32.0 Å². The highest BCUT2D eigenvalue weighted by atomic mass is 19.3. The van der Waals surface area contributed by atoms with E-state index < -0.39 is 17.9 Å². The third-order valence-electron chi connectivity index (χ3n) is 4.96. The van der Waals surface area contributed by atoms with Crippen LogP contribution in [0.4, 0.5) is 8.78 Å². The zero-order valence-electron chi connectivity index (χ0n) is 19.9. The summed E-state index contributed by atoms with van der Waals surface area (Å²) in [5, 5.41) is 14.7. The van der Waals surface area contributed by atoms with E-state index in [0.29, 0.717) is 23.8 Å². The molecule has 1 atom stereocenters. The molecule has 0 saturated carbocycles. The first-order chi connectivity index (χ1) is 16.5. The smallest absolute Gasteiger partial charge is 0.333 e. The summed E-state index contributed by atoms with van der Waals surface area (Å²) in [7, 11) is 0. The average Bonchev–Trinajstić information content (AvgIpc) is 3.35. The molecule has 1 saturated heterocycles. The van der Waals surface area contributed by atoms with E-state index in [2.05, 4.69) is 37.1 Å². The summed E-state index contributed by atoms with van der Waals surface area (Å²) in [6.07, 6.45) is 2.85. The van der Waals surface area contributed by atoms with Crippen molar-refractivity contribution in [1.29, 1.82) is 5.41 Å². The second-order valence-electron chi connectivity index (χ2n) is 7.14. The van der Waals surface area contributed by atoms with Gasteiger partial charge in [0.25, 0.3) is 0 Å².